The second-order valence-electron chi connectivity index (χ2n) is 4.01. The van der Waals surface area contributed by atoms with Gasteiger partial charge in [0.2, 0.25) is 0 Å². The summed E-state index contributed by atoms with van der Waals surface area (Å²) < 4.78 is 10.6. The van der Waals surface area contributed by atoms with Crippen LogP contribution in [0.4, 0.5) is 0 Å². The van der Waals surface area contributed by atoms with E-state index in [0.29, 0.717) is 28.6 Å². The second-order valence-corrected chi connectivity index (χ2v) is 4.01. The van der Waals surface area contributed by atoms with Gasteiger partial charge >= 0.3 is 0 Å². The van der Waals surface area contributed by atoms with Crippen molar-refractivity contribution in [3.63, 3.8) is 0 Å². The lowest BCUT2D eigenvalue weighted by Crippen LogP contribution is -2.07. The van der Waals surface area contributed by atoms with E-state index >= 15 is 0 Å². The van der Waals surface area contributed by atoms with Crippen molar-refractivity contribution in [2.75, 3.05) is 14.2 Å². The van der Waals surface area contributed by atoms with E-state index in [1.165, 1.54) is 0 Å². The molecule has 0 aliphatic carbocycles. The molecule has 1 N–H and O–H groups in total. The summed E-state index contributed by atoms with van der Waals surface area (Å²) in [5.41, 5.74) is 1.07. The summed E-state index contributed by atoms with van der Waals surface area (Å²) in [5, 5.41) is 10.5. The number of aliphatic hydroxyl groups is 1. The van der Waals surface area contributed by atoms with Crippen molar-refractivity contribution < 1.29 is 14.6 Å². The van der Waals surface area contributed by atoms with Gasteiger partial charge in [-0.3, -0.25) is 0 Å². The molecule has 0 aliphatic rings. The minimum absolute atomic E-state index is 0.510. The highest BCUT2D eigenvalue weighted by Crippen LogP contribution is 2.36. The van der Waals surface area contributed by atoms with Crippen molar-refractivity contribution in [3.8, 4) is 11.5 Å². The second kappa shape index (κ2) is 5.67. The monoisotopic (exact) mass is 260 g/mol. The lowest BCUT2D eigenvalue weighted by atomic mass is 10.0. The van der Waals surface area contributed by atoms with Gasteiger partial charge in [0.1, 0.15) is 23.4 Å². The van der Waals surface area contributed by atoms with Crippen LogP contribution < -0.4 is 9.47 Å². The van der Waals surface area contributed by atoms with Gasteiger partial charge in [-0.1, -0.05) is 6.07 Å². The van der Waals surface area contributed by atoms with Crippen LogP contribution in [0.15, 0.2) is 30.5 Å². The van der Waals surface area contributed by atoms with E-state index in [4.69, 9.17) is 9.47 Å². The standard InChI is InChI=1S/C14H16N2O3/c1-9-15-8-7-10(16-9)14(17)13-11(18-2)5-4-6-12(13)19-3/h4-8,14,17H,1-3H3. The maximum Gasteiger partial charge on any atom is 0.128 e. The predicted molar refractivity (Wildman–Crippen MR) is 70.4 cm³/mol. The number of benzene rings is 1. The zero-order chi connectivity index (χ0) is 13.8. The van der Waals surface area contributed by atoms with Crippen LogP contribution in [0.25, 0.3) is 0 Å². The average Bonchev–Trinajstić information content (AvgIpc) is 2.45. The number of aromatic nitrogens is 2. The summed E-state index contributed by atoms with van der Waals surface area (Å²) >= 11 is 0. The Bertz CT molecular complexity index is 550. The molecule has 5 nitrogen and oxygen atoms in total. The van der Waals surface area contributed by atoms with E-state index in [1.807, 2.05) is 0 Å². The highest BCUT2D eigenvalue weighted by atomic mass is 16.5. The molecule has 0 amide bonds. The Labute approximate surface area is 111 Å². The molecule has 100 valence electrons. The van der Waals surface area contributed by atoms with E-state index in [0.717, 1.165) is 0 Å². The van der Waals surface area contributed by atoms with Crippen LogP contribution in [0.3, 0.4) is 0 Å². The third-order valence-corrected chi connectivity index (χ3v) is 2.82. The van der Waals surface area contributed by atoms with Crippen molar-refractivity contribution in [2.24, 2.45) is 0 Å². The SMILES string of the molecule is COc1cccc(OC)c1C(O)c1ccnc(C)n1. The van der Waals surface area contributed by atoms with Crippen molar-refractivity contribution in [1.29, 1.82) is 0 Å². The molecule has 1 atom stereocenters. The molecule has 5 heteroatoms. The quantitative estimate of drug-likeness (QED) is 0.909. The first-order chi connectivity index (χ1) is 9.17. The zero-order valence-electron chi connectivity index (χ0n) is 11.1. The topological polar surface area (TPSA) is 64.5 Å². The molecule has 0 fully saturated rings. The summed E-state index contributed by atoms with van der Waals surface area (Å²) in [6.45, 7) is 1.77. The minimum atomic E-state index is -0.923. The van der Waals surface area contributed by atoms with E-state index in [2.05, 4.69) is 9.97 Å². The number of hydrogen-bond donors (Lipinski definition) is 1. The molecule has 19 heavy (non-hydrogen) atoms. The number of ether oxygens (including phenoxy) is 2. The summed E-state index contributed by atoms with van der Waals surface area (Å²) in [6, 6.07) is 7.02. The van der Waals surface area contributed by atoms with Gasteiger partial charge in [-0.25, -0.2) is 9.97 Å². The molecule has 1 unspecified atom stereocenters. The first-order valence-electron chi connectivity index (χ1n) is 5.86. The third-order valence-electron chi connectivity index (χ3n) is 2.82. The van der Waals surface area contributed by atoms with Gasteiger partial charge in [-0.05, 0) is 25.1 Å². The van der Waals surface area contributed by atoms with Crippen molar-refractivity contribution in [2.45, 2.75) is 13.0 Å². The number of aryl methyl sites for hydroxylation is 1. The third kappa shape index (κ3) is 2.66. The van der Waals surface area contributed by atoms with Gasteiger partial charge in [0, 0.05) is 6.20 Å². The maximum atomic E-state index is 10.5. The fourth-order valence-corrected chi connectivity index (χ4v) is 1.92. The smallest absolute Gasteiger partial charge is 0.128 e. The van der Waals surface area contributed by atoms with Gasteiger partial charge in [0.05, 0.1) is 25.5 Å². The van der Waals surface area contributed by atoms with Crippen LogP contribution in [-0.2, 0) is 0 Å². The van der Waals surface area contributed by atoms with Gasteiger partial charge in [-0.15, -0.1) is 0 Å². The van der Waals surface area contributed by atoms with Crippen LogP contribution in [0.5, 0.6) is 11.5 Å². The first-order valence-corrected chi connectivity index (χ1v) is 5.86. The number of rotatable bonds is 4. The van der Waals surface area contributed by atoms with Crippen molar-refractivity contribution in [1.82, 2.24) is 9.97 Å². The van der Waals surface area contributed by atoms with Crippen LogP contribution in [0.2, 0.25) is 0 Å². The van der Waals surface area contributed by atoms with E-state index in [1.54, 1.807) is 51.6 Å². The van der Waals surface area contributed by atoms with Crippen molar-refractivity contribution >= 4 is 0 Å². The normalized spacial score (nSPS) is 12.0. The lowest BCUT2D eigenvalue weighted by molar-refractivity contribution is 0.203. The largest absolute Gasteiger partial charge is 0.496 e. The van der Waals surface area contributed by atoms with E-state index < -0.39 is 6.10 Å². The van der Waals surface area contributed by atoms with Crippen LogP contribution in [-0.4, -0.2) is 29.3 Å². The molecule has 0 saturated heterocycles. The Morgan fingerprint density at radius 1 is 1.11 bits per heavy atom. The highest BCUT2D eigenvalue weighted by Gasteiger charge is 2.21. The minimum Gasteiger partial charge on any atom is -0.496 e. The van der Waals surface area contributed by atoms with Gasteiger partial charge in [0.25, 0.3) is 0 Å². The maximum absolute atomic E-state index is 10.5. The molecule has 0 radical (unpaired) electrons. The number of nitrogens with zero attached hydrogens (tertiary/aromatic N) is 2. The van der Waals surface area contributed by atoms with Gasteiger partial charge < -0.3 is 14.6 Å². The zero-order valence-corrected chi connectivity index (χ0v) is 11.1. The van der Waals surface area contributed by atoms with E-state index in [9.17, 15) is 5.11 Å². The molecule has 0 saturated carbocycles. The Morgan fingerprint density at radius 2 is 1.74 bits per heavy atom. The Hall–Kier alpha value is -2.14. The van der Waals surface area contributed by atoms with Gasteiger partial charge in [-0.2, -0.15) is 0 Å². The van der Waals surface area contributed by atoms with Crippen LogP contribution in [0.1, 0.15) is 23.2 Å². The molecule has 2 aromatic rings. The Balaban J connectivity index is 2.51. The molecule has 2 rings (SSSR count). The van der Waals surface area contributed by atoms with E-state index in [-0.39, 0.29) is 0 Å². The number of methoxy groups -OCH3 is 2. The fraction of sp³-hybridized carbons (Fsp3) is 0.286. The molecular formula is C14H16N2O3. The lowest BCUT2D eigenvalue weighted by Gasteiger charge is -2.17. The molecule has 0 bridgehead atoms. The predicted octanol–water partition coefficient (Wildman–Crippen LogP) is 1.88. The van der Waals surface area contributed by atoms with Gasteiger partial charge in [0.15, 0.2) is 0 Å². The number of hydrogen-bond acceptors (Lipinski definition) is 5. The molecule has 0 spiro atoms. The number of aliphatic hydroxyl groups excluding tert-OH is 1. The summed E-state index contributed by atoms with van der Waals surface area (Å²) in [7, 11) is 3.10. The molecule has 1 heterocycles. The van der Waals surface area contributed by atoms with Crippen LogP contribution >= 0.6 is 0 Å². The molecule has 0 aliphatic heterocycles. The van der Waals surface area contributed by atoms with Crippen molar-refractivity contribution in [3.05, 3.63) is 47.5 Å². The molecule has 1 aromatic heterocycles. The first kappa shape index (κ1) is 13.3. The fourth-order valence-electron chi connectivity index (χ4n) is 1.92. The average molecular weight is 260 g/mol. The molecule has 1 aromatic carbocycles. The van der Waals surface area contributed by atoms with Crippen LogP contribution in [0, 0.1) is 6.92 Å². The summed E-state index contributed by atoms with van der Waals surface area (Å²) in [4.78, 5) is 8.24. The summed E-state index contributed by atoms with van der Waals surface area (Å²) in [6.07, 6.45) is 0.691. The Kier molecular flexibility index (Phi) is 3.97. The highest BCUT2D eigenvalue weighted by molar-refractivity contribution is 5.48. The summed E-state index contributed by atoms with van der Waals surface area (Å²) in [5.74, 6) is 1.72. The molecular weight excluding hydrogens is 244 g/mol. The Morgan fingerprint density at radius 3 is 2.26 bits per heavy atom.